The molecule has 0 fully saturated rings. The first-order chi connectivity index (χ1) is 15.3. The van der Waals surface area contributed by atoms with Crippen LogP contribution in [0.2, 0.25) is 10.0 Å². The van der Waals surface area contributed by atoms with Crippen LogP contribution in [0.15, 0.2) is 74.7 Å². The third-order valence-corrected chi connectivity index (χ3v) is 5.90. The molecule has 10 heteroatoms. The topological polar surface area (TPSA) is 79.8 Å². The summed E-state index contributed by atoms with van der Waals surface area (Å²) in [7, 11) is 0. The Kier molecular flexibility index (Phi) is 8.69. The van der Waals surface area contributed by atoms with E-state index in [4.69, 9.17) is 27.9 Å². The molecule has 0 unspecified atom stereocenters. The molecule has 0 aliphatic heterocycles. The highest BCUT2D eigenvalue weighted by atomic mass is 79.9. The predicted octanol–water partition coefficient (Wildman–Crippen LogP) is 6.30. The molecule has 6 nitrogen and oxygen atoms in total. The van der Waals surface area contributed by atoms with Gasteiger partial charge in [0.2, 0.25) is 0 Å². The Hall–Kier alpha value is -2.39. The SMILES string of the molecule is O=C(COc1c(Br)cc(/C=N/NC(=O)c2ccccc2)cc1Br)Nc1ccc(Cl)c(Cl)c1. The monoisotopic (exact) mass is 597 g/mol. The van der Waals surface area contributed by atoms with E-state index in [0.717, 1.165) is 0 Å². The van der Waals surface area contributed by atoms with Gasteiger partial charge in [0.1, 0.15) is 5.75 Å². The van der Waals surface area contributed by atoms with E-state index in [-0.39, 0.29) is 18.4 Å². The zero-order chi connectivity index (χ0) is 23.1. The lowest BCUT2D eigenvalue weighted by molar-refractivity contribution is -0.118. The number of rotatable bonds is 7. The first kappa shape index (κ1) is 24.3. The molecular weight excluding hydrogens is 585 g/mol. The van der Waals surface area contributed by atoms with E-state index in [1.165, 1.54) is 6.21 Å². The van der Waals surface area contributed by atoms with Crippen molar-refractivity contribution < 1.29 is 14.3 Å². The molecule has 3 aromatic rings. The van der Waals surface area contributed by atoms with Gasteiger partial charge in [-0.05, 0) is 79.9 Å². The molecule has 2 amide bonds. The number of carbonyl (C=O) groups excluding carboxylic acids is 2. The number of nitrogens with zero attached hydrogens (tertiary/aromatic N) is 1. The third-order valence-electron chi connectivity index (χ3n) is 3.99. The summed E-state index contributed by atoms with van der Waals surface area (Å²) < 4.78 is 6.84. The number of ether oxygens (including phenoxy) is 1. The van der Waals surface area contributed by atoms with Gasteiger partial charge in [-0.2, -0.15) is 5.10 Å². The lowest BCUT2D eigenvalue weighted by Gasteiger charge is -2.12. The van der Waals surface area contributed by atoms with E-state index in [1.54, 1.807) is 54.6 Å². The van der Waals surface area contributed by atoms with Crippen LogP contribution in [-0.4, -0.2) is 24.6 Å². The lowest BCUT2D eigenvalue weighted by atomic mass is 10.2. The second-order valence-corrected chi connectivity index (χ2v) is 8.87. The smallest absolute Gasteiger partial charge is 0.271 e. The fraction of sp³-hybridized carbons (Fsp3) is 0.0455. The Morgan fingerprint density at radius 2 is 1.66 bits per heavy atom. The van der Waals surface area contributed by atoms with Crippen molar-refractivity contribution in [1.29, 1.82) is 0 Å². The zero-order valence-corrected chi connectivity index (χ0v) is 20.9. The number of anilines is 1. The lowest BCUT2D eigenvalue weighted by Crippen LogP contribution is -2.20. The van der Waals surface area contributed by atoms with Crippen molar-refractivity contribution in [3.05, 3.63) is 90.8 Å². The second-order valence-electron chi connectivity index (χ2n) is 6.34. The Morgan fingerprint density at radius 3 is 2.31 bits per heavy atom. The van der Waals surface area contributed by atoms with Crippen molar-refractivity contribution in [3.63, 3.8) is 0 Å². The highest BCUT2D eigenvalue weighted by molar-refractivity contribution is 9.11. The summed E-state index contributed by atoms with van der Waals surface area (Å²) >= 11 is 18.7. The van der Waals surface area contributed by atoms with E-state index in [2.05, 4.69) is 47.7 Å². The summed E-state index contributed by atoms with van der Waals surface area (Å²) in [4.78, 5) is 24.2. The minimum atomic E-state index is -0.364. The van der Waals surface area contributed by atoms with Crippen LogP contribution in [0.25, 0.3) is 0 Å². The second kappa shape index (κ2) is 11.5. The summed E-state index contributed by atoms with van der Waals surface area (Å²) in [5, 5.41) is 7.40. The normalized spacial score (nSPS) is 10.8. The molecule has 0 aromatic heterocycles. The van der Waals surface area contributed by atoms with E-state index >= 15 is 0 Å². The van der Waals surface area contributed by atoms with Crippen molar-refractivity contribution in [2.24, 2.45) is 5.10 Å². The highest BCUT2D eigenvalue weighted by Gasteiger charge is 2.12. The summed E-state index contributed by atoms with van der Waals surface area (Å²) in [5.41, 5.74) is 4.19. The van der Waals surface area contributed by atoms with E-state index in [9.17, 15) is 9.59 Å². The fourth-order valence-electron chi connectivity index (χ4n) is 2.52. The molecule has 0 heterocycles. The minimum absolute atomic E-state index is 0.224. The van der Waals surface area contributed by atoms with Gasteiger partial charge in [0.15, 0.2) is 6.61 Å². The van der Waals surface area contributed by atoms with E-state index < -0.39 is 0 Å². The maximum absolute atomic E-state index is 12.2. The molecular formula is C22H15Br2Cl2N3O3. The standard InChI is InChI=1S/C22H15Br2Cl2N3O3/c23-16-8-13(11-27-29-22(31)14-4-2-1-3-5-14)9-17(24)21(16)32-12-20(30)28-15-6-7-18(25)19(26)10-15/h1-11H,12H2,(H,28,30)(H,29,31)/b27-11+. The van der Waals surface area contributed by atoms with Crippen molar-refractivity contribution in [2.45, 2.75) is 0 Å². The largest absolute Gasteiger partial charge is 0.481 e. The van der Waals surface area contributed by atoms with Crippen LogP contribution in [0.5, 0.6) is 5.75 Å². The highest BCUT2D eigenvalue weighted by Crippen LogP contribution is 2.34. The van der Waals surface area contributed by atoms with Crippen molar-refractivity contribution in [3.8, 4) is 5.75 Å². The number of amides is 2. The van der Waals surface area contributed by atoms with Crippen LogP contribution < -0.4 is 15.5 Å². The van der Waals surface area contributed by atoms with Gasteiger partial charge in [-0.3, -0.25) is 9.59 Å². The first-order valence-electron chi connectivity index (χ1n) is 9.08. The Balaban J connectivity index is 1.58. The van der Waals surface area contributed by atoms with Gasteiger partial charge in [-0.25, -0.2) is 5.43 Å². The Bertz CT molecular complexity index is 1150. The van der Waals surface area contributed by atoms with Crippen molar-refractivity contribution >= 4 is 78.8 Å². The molecule has 0 bridgehead atoms. The molecule has 0 aliphatic carbocycles. The third kappa shape index (κ3) is 6.80. The molecule has 0 atom stereocenters. The average Bonchev–Trinajstić information content (AvgIpc) is 2.76. The quantitative estimate of drug-likeness (QED) is 0.247. The van der Waals surface area contributed by atoms with Crippen LogP contribution in [0.1, 0.15) is 15.9 Å². The molecule has 2 N–H and O–H groups in total. The fourth-order valence-corrected chi connectivity index (χ4v) is 4.27. The predicted molar refractivity (Wildman–Crippen MR) is 134 cm³/mol. The number of hydrogen-bond acceptors (Lipinski definition) is 4. The van der Waals surface area contributed by atoms with Gasteiger partial charge in [-0.15, -0.1) is 0 Å². The van der Waals surface area contributed by atoms with Gasteiger partial charge < -0.3 is 10.1 Å². The van der Waals surface area contributed by atoms with E-state index in [0.29, 0.717) is 41.6 Å². The maximum Gasteiger partial charge on any atom is 0.271 e. The van der Waals surface area contributed by atoms with Crippen LogP contribution >= 0.6 is 55.1 Å². The number of nitrogens with one attached hydrogen (secondary N) is 2. The molecule has 0 spiro atoms. The molecule has 3 rings (SSSR count). The maximum atomic E-state index is 12.2. The van der Waals surface area contributed by atoms with Gasteiger partial charge >= 0.3 is 0 Å². The summed E-state index contributed by atoms with van der Waals surface area (Å²) in [6.07, 6.45) is 1.50. The Morgan fingerprint density at radius 1 is 0.969 bits per heavy atom. The molecule has 3 aromatic carbocycles. The van der Waals surface area contributed by atoms with Gasteiger partial charge in [0, 0.05) is 11.3 Å². The van der Waals surface area contributed by atoms with E-state index in [1.807, 2.05) is 6.07 Å². The molecule has 32 heavy (non-hydrogen) atoms. The molecule has 0 aliphatic rings. The van der Waals surface area contributed by atoms with Gasteiger partial charge in [0.25, 0.3) is 11.8 Å². The molecule has 0 radical (unpaired) electrons. The van der Waals surface area contributed by atoms with Crippen LogP contribution in [0, 0.1) is 0 Å². The molecule has 0 saturated heterocycles. The van der Waals surface area contributed by atoms with Gasteiger partial charge in [0.05, 0.1) is 25.2 Å². The number of benzene rings is 3. The summed E-state index contributed by atoms with van der Waals surface area (Å²) in [6.45, 7) is -0.224. The number of halogens is 4. The van der Waals surface area contributed by atoms with Crippen molar-refractivity contribution in [2.75, 3.05) is 11.9 Å². The molecule has 0 saturated carbocycles. The number of hydrogen-bond donors (Lipinski definition) is 2. The minimum Gasteiger partial charge on any atom is -0.481 e. The number of hydrazone groups is 1. The van der Waals surface area contributed by atoms with Crippen LogP contribution in [-0.2, 0) is 4.79 Å². The summed E-state index contributed by atoms with van der Waals surface area (Å²) in [5.74, 6) is -0.232. The molecule has 164 valence electrons. The average molecular weight is 600 g/mol. The number of carbonyl (C=O) groups is 2. The van der Waals surface area contributed by atoms with Crippen molar-refractivity contribution in [1.82, 2.24) is 5.43 Å². The van der Waals surface area contributed by atoms with Crippen LogP contribution in [0.3, 0.4) is 0 Å². The first-order valence-corrected chi connectivity index (χ1v) is 11.4. The van der Waals surface area contributed by atoms with Crippen LogP contribution in [0.4, 0.5) is 5.69 Å². The Labute approximate surface area is 211 Å². The zero-order valence-electron chi connectivity index (χ0n) is 16.2. The van der Waals surface area contributed by atoms with Gasteiger partial charge in [-0.1, -0.05) is 41.4 Å². The summed E-state index contributed by atoms with van der Waals surface area (Å²) in [6, 6.07) is 17.0.